The summed E-state index contributed by atoms with van der Waals surface area (Å²) in [5, 5.41) is 2.93. The van der Waals surface area contributed by atoms with Crippen molar-refractivity contribution >= 4 is 5.82 Å². The fourth-order valence-electron chi connectivity index (χ4n) is 1.12. The van der Waals surface area contributed by atoms with Crippen molar-refractivity contribution in [1.29, 1.82) is 0 Å². The van der Waals surface area contributed by atoms with E-state index < -0.39 is 0 Å². The predicted octanol–water partition coefficient (Wildman–Crippen LogP) is 1.95. The Balaban J connectivity index is 2.95. The van der Waals surface area contributed by atoms with E-state index in [4.69, 9.17) is 9.47 Å². The first-order chi connectivity index (χ1) is 7.60. The van der Waals surface area contributed by atoms with Gasteiger partial charge in [-0.1, -0.05) is 13.8 Å². The smallest absolute Gasteiger partial charge is 0.262 e. The van der Waals surface area contributed by atoms with E-state index in [2.05, 4.69) is 29.1 Å². The third-order valence-corrected chi connectivity index (χ3v) is 2.45. The zero-order chi connectivity index (χ0) is 12.1. The molecule has 0 fully saturated rings. The summed E-state index contributed by atoms with van der Waals surface area (Å²) in [6.45, 7) is 6.19. The molecule has 1 rings (SSSR count). The lowest BCUT2D eigenvalue weighted by Gasteiger charge is -2.19. The molecule has 0 aliphatic heterocycles. The molecule has 5 heteroatoms. The number of nitrogens with zero attached hydrogens (tertiary/aromatic N) is 2. The highest BCUT2D eigenvalue weighted by Gasteiger charge is 2.16. The molecule has 90 valence electrons. The van der Waals surface area contributed by atoms with Crippen LogP contribution in [0, 0.1) is 5.92 Å². The van der Waals surface area contributed by atoms with Crippen molar-refractivity contribution in [3.63, 3.8) is 0 Å². The van der Waals surface area contributed by atoms with E-state index in [-0.39, 0.29) is 6.10 Å². The largest absolute Gasteiger partial charge is 0.489 e. The maximum atomic E-state index is 5.72. The van der Waals surface area contributed by atoms with E-state index in [0.717, 1.165) is 0 Å². The van der Waals surface area contributed by atoms with Gasteiger partial charge < -0.3 is 14.8 Å². The molecule has 0 saturated heterocycles. The number of anilines is 1. The molecular formula is C11H19N3O2. The van der Waals surface area contributed by atoms with E-state index in [1.54, 1.807) is 14.2 Å². The molecule has 0 amide bonds. The van der Waals surface area contributed by atoms with E-state index in [1.807, 2.05) is 6.92 Å². The number of hydrogen-bond donors (Lipinski definition) is 1. The van der Waals surface area contributed by atoms with Crippen LogP contribution in [-0.4, -0.2) is 30.2 Å². The topological polar surface area (TPSA) is 56.3 Å². The quantitative estimate of drug-likeness (QED) is 0.830. The van der Waals surface area contributed by atoms with Crippen molar-refractivity contribution in [3.8, 4) is 11.6 Å². The maximum Gasteiger partial charge on any atom is 0.262 e. The average molecular weight is 225 g/mol. The first-order valence-electron chi connectivity index (χ1n) is 5.33. The first kappa shape index (κ1) is 12.5. The molecule has 1 unspecified atom stereocenters. The molecule has 1 heterocycles. The zero-order valence-corrected chi connectivity index (χ0v) is 10.4. The van der Waals surface area contributed by atoms with Crippen LogP contribution in [0.3, 0.4) is 0 Å². The SMILES string of the molecule is CNc1ncnc(OC(C)C(C)C)c1OC. The van der Waals surface area contributed by atoms with Crippen LogP contribution < -0.4 is 14.8 Å². The fourth-order valence-corrected chi connectivity index (χ4v) is 1.12. The Bertz CT molecular complexity index is 342. The first-order valence-corrected chi connectivity index (χ1v) is 5.33. The lowest BCUT2D eigenvalue weighted by atomic mass is 10.1. The molecule has 1 N–H and O–H groups in total. The van der Waals surface area contributed by atoms with Gasteiger partial charge >= 0.3 is 0 Å². The Morgan fingerprint density at radius 1 is 1.25 bits per heavy atom. The van der Waals surface area contributed by atoms with Gasteiger partial charge in [0.2, 0.25) is 5.75 Å². The van der Waals surface area contributed by atoms with Crippen LogP contribution in [0.5, 0.6) is 11.6 Å². The van der Waals surface area contributed by atoms with Crippen LogP contribution >= 0.6 is 0 Å². The van der Waals surface area contributed by atoms with Crippen molar-refractivity contribution in [1.82, 2.24) is 9.97 Å². The third kappa shape index (κ3) is 2.74. The van der Waals surface area contributed by atoms with Crippen molar-refractivity contribution in [3.05, 3.63) is 6.33 Å². The second kappa shape index (κ2) is 5.53. The zero-order valence-electron chi connectivity index (χ0n) is 10.4. The maximum absolute atomic E-state index is 5.72. The van der Waals surface area contributed by atoms with Crippen molar-refractivity contribution in [2.45, 2.75) is 26.9 Å². The third-order valence-electron chi connectivity index (χ3n) is 2.45. The summed E-state index contributed by atoms with van der Waals surface area (Å²) in [4.78, 5) is 8.14. The molecule has 1 aromatic rings. The lowest BCUT2D eigenvalue weighted by Crippen LogP contribution is -2.20. The highest BCUT2D eigenvalue weighted by Crippen LogP contribution is 2.31. The van der Waals surface area contributed by atoms with Crippen LogP contribution in [-0.2, 0) is 0 Å². The average Bonchev–Trinajstić information content (AvgIpc) is 2.28. The number of rotatable bonds is 5. The van der Waals surface area contributed by atoms with Gasteiger partial charge in [-0.3, -0.25) is 0 Å². The molecule has 0 saturated carbocycles. The van der Waals surface area contributed by atoms with Crippen molar-refractivity contribution in [2.75, 3.05) is 19.5 Å². The van der Waals surface area contributed by atoms with Gasteiger partial charge in [0.05, 0.1) is 7.11 Å². The van der Waals surface area contributed by atoms with Crippen LogP contribution in [0.1, 0.15) is 20.8 Å². The fraction of sp³-hybridized carbons (Fsp3) is 0.636. The highest BCUT2D eigenvalue weighted by atomic mass is 16.5. The molecule has 1 atom stereocenters. The monoisotopic (exact) mass is 225 g/mol. The van der Waals surface area contributed by atoms with Crippen molar-refractivity contribution < 1.29 is 9.47 Å². The Morgan fingerprint density at radius 2 is 1.94 bits per heavy atom. The number of hydrogen-bond acceptors (Lipinski definition) is 5. The summed E-state index contributed by atoms with van der Waals surface area (Å²) in [6.07, 6.45) is 1.53. The van der Waals surface area contributed by atoms with Gasteiger partial charge in [-0.25, -0.2) is 4.98 Å². The van der Waals surface area contributed by atoms with Gasteiger partial charge in [0.25, 0.3) is 5.88 Å². The molecule has 0 radical (unpaired) electrons. The summed E-state index contributed by atoms with van der Waals surface area (Å²) >= 11 is 0. The van der Waals surface area contributed by atoms with E-state index >= 15 is 0 Å². The predicted molar refractivity (Wildman–Crippen MR) is 63.1 cm³/mol. The van der Waals surface area contributed by atoms with Gasteiger partial charge in [-0.2, -0.15) is 4.98 Å². The van der Waals surface area contributed by atoms with Gasteiger partial charge in [-0.05, 0) is 12.8 Å². The van der Waals surface area contributed by atoms with Crippen molar-refractivity contribution in [2.24, 2.45) is 5.92 Å². The summed E-state index contributed by atoms with van der Waals surface area (Å²) in [6, 6.07) is 0. The second-order valence-electron chi connectivity index (χ2n) is 3.88. The van der Waals surface area contributed by atoms with Gasteiger partial charge in [0.1, 0.15) is 12.4 Å². The minimum atomic E-state index is 0.0773. The molecule has 0 aromatic carbocycles. The Hall–Kier alpha value is -1.52. The molecule has 0 bridgehead atoms. The normalized spacial score (nSPS) is 12.4. The number of ether oxygens (including phenoxy) is 2. The minimum absolute atomic E-state index is 0.0773. The van der Waals surface area contributed by atoms with E-state index in [9.17, 15) is 0 Å². The van der Waals surface area contributed by atoms with E-state index in [0.29, 0.717) is 23.4 Å². The molecule has 5 nitrogen and oxygen atoms in total. The Morgan fingerprint density at radius 3 is 2.44 bits per heavy atom. The van der Waals surface area contributed by atoms with Crippen LogP contribution in [0.2, 0.25) is 0 Å². The molecule has 1 aromatic heterocycles. The Labute approximate surface area is 96.2 Å². The van der Waals surface area contributed by atoms with Crippen LogP contribution in [0.4, 0.5) is 5.82 Å². The number of methoxy groups -OCH3 is 1. The summed E-state index contributed by atoms with van der Waals surface area (Å²) < 4.78 is 11.0. The number of aromatic nitrogens is 2. The molecule has 0 aliphatic carbocycles. The second-order valence-corrected chi connectivity index (χ2v) is 3.88. The molecule has 16 heavy (non-hydrogen) atoms. The molecular weight excluding hydrogens is 206 g/mol. The molecule has 0 aliphatic rings. The van der Waals surface area contributed by atoms with Crippen LogP contribution in [0.25, 0.3) is 0 Å². The summed E-state index contributed by atoms with van der Waals surface area (Å²) in [5.41, 5.74) is 0. The summed E-state index contributed by atoms with van der Waals surface area (Å²) in [7, 11) is 3.35. The Kier molecular flexibility index (Phi) is 4.34. The summed E-state index contributed by atoms with van der Waals surface area (Å²) in [5.74, 6) is 2.06. The minimum Gasteiger partial charge on any atom is -0.489 e. The van der Waals surface area contributed by atoms with Gasteiger partial charge in [0.15, 0.2) is 5.82 Å². The highest BCUT2D eigenvalue weighted by molar-refractivity contribution is 5.54. The van der Waals surface area contributed by atoms with E-state index in [1.165, 1.54) is 6.33 Å². The molecule has 0 spiro atoms. The number of nitrogens with one attached hydrogen (secondary N) is 1. The lowest BCUT2D eigenvalue weighted by molar-refractivity contribution is 0.156. The van der Waals surface area contributed by atoms with Crippen LogP contribution in [0.15, 0.2) is 6.33 Å². The van der Waals surface area contributed by atoms with Gasteiger partial charge in [-0.15, -0.1) is 0 Å². The standard InChI is InChI=1S/C11H19N3O2/c1-7(2)8(3)16-11-9(15-5)10(12-4)13-6-14-11/h6-8H,1-5H3,(H,12,13,14). The van der Waals surface area contributed by atoms with Gasteiger partial charge in [0, 0.05) is 7.05 Å².